The topological polar surface area (TPSA) is 94.6 Å². The molecule has 0 aliphatic heterocycles. The highest BCUT2D eigenvalue weighted by Gasteiger charge is 2.23. The lowest BCUT2D eigenvalue weighted by atomic mass is 9.99. The van der Waals surface area contributed by atoms with Crippen LogP contribution >= 0.6 is 0 Å². The van der Waals surface area contributed by atoms with Gasteiger partial charge in [-0.1, -0.05) is 24.3 Å². The van der Waals surface area contributed by atoms with E-state index in [1.807, 2.05) is 0 Å². The van der Waals surface area contributed by atoms with Crippen LogP contribution in [0.15, 0.2) is 52.3 Å². The van der Waals surface area contributed by atoms with E-state index in [1.165, 1.54) is 0 Å². The lowest BCUT2D eigenvalue weighted by molar-refractivity contribution is 0.497. The minimum absolute atomic E-state index is 0.0102. The number of fused-ring (bicyclic) bond motifs is 6. The third-order valence-electron chi connectivity index (χ3n) is 3.40. The van der Waals surface area contributed by atoms with Crippen molar-refractivity contribution in [3.05, 3.63) is 65.9 Å². The van der Waals surface area contributed by atoms with Crippen LogP contribution in [-0.2, 0) is 0 Å². The first-order valence-electron chi connectivity index (χ1n) is 5.71. The van der Waals surface area contributed by atoms with Crippen molar-refractivity contribution in [3.8, 4) is 0 Å². The number of rotatable bonds is 0. The van der Waals surface area contributed by atoms with Gasteiger partial charge in [0.2, 0.25) is 0 Å². The standard InChI is InChI=1S/C14H4O6/c15-11-7-5-3-1-2-4-6(5)8-10(9(7)13(17)19-11)14(18)20-12(8)16/h1-4H. The van der Waals surface area contributed by atoms with Crippen LogP contribution in [0.25, 0.3) is 32.3 Å². The molecule has 0 saturated heterocycles. The molecule has 0 spiro atoms. The molecule has 0 fully saturated rings. The molecule has 0 bridgehead atoms. The lowest BCUT2D eigenvalue weighted by Gasteiger charge is -1.98. The average molecular weight is 268 g/mol. The Labute approximate surface area is 108 Å². The lowest BCUT2D eigenvalue weighted by Crippen LogP contribution is -1.99. The smallest absolute Gasteiger partial charge is 0.347 e. The Morgan fingerprint density at radius 1 is 0.550 bits per heavy atom. The van der Waals surface area contributed by atoms with E-state index in [0.717, 1.165) is 0 Å². The maximum absolute atomic E-state index is 11.8. The molecule has 6 heteroatoms. The molecule has 0 radical (unpaired) electrons. The Balaban J connectivity index is 2.68. The summed E-state index contributed by atoms with van der Waals surface area (Å²) in [7, 11) is 0. The molecule has 96 valence electrons. The number of furan rings is 2. The van der Waals surface area contributed by atoms with Crippen molar-refractivity contribution in [2.24, 2.45) is 0 Å². The average Bonchev–Trinajstić information content (AvgIpc) is 2.88. The van der Waals surface area contributed by atoms with Crippen molar-refractivity contribution >= 4 is 32.3 Å². The van der Waals surface area contributed by atoms with Gasteiger partial charge < -0.3 is 8.83 Å². The monoisotopic (exact) mass is 268 g/mol. The van der Waals surface area contributed by atoms with Gasteiger partial charge in [0.15, 0.2) is 0 Å². The van der Waals surface area contributed by atoms with Gasteiger partial charge in [-0.25, -0.2) is 19.2 Å². The third kappa shape index (κ3) is 1.08. The molecule has 2 heterocycles. The SMILES string of the molecule is O=c1oc(=O)c2c1c1ccccc1c1c(=O)oc(=O)c12. The van der Waals surface area contributed by atoms with Crippen molar-refractivity contribution in [2.45, 2.75) is 0 Å². The maximum Gasteiger partial charge on any atom is 0.347 e. The highest BCUT2D eigenvalue weighted by atomic mass is 16.4. The first-order chi connectivity index (χ1) is 9.59. The van der Waals surface area contributed by atoms with Crippen LogP contribution < -0.4 is 22.5 Å². The summed E-state index contributed by atoms with van der Waals surface area (Å²) in [6.45, 7) is 0. The molecule has 4 aromatic rings. The van der Waals surface area contributed by atoms with Gasteiger partial charge in [-0.15, -0.1) is 0 Å². The molecular formula is C14H4O6. The molecule has 2 aromatic carbocycles. The predicted molar refractivity (Wildman–Crippen MR) is 70.9 cm³/mol. The molecular weight excluding hydrogens is 264 g/mol. The predicted octanol–water partition coefficient (Wildman–Crippen LogP) is 0.649. The fourth-order valence-corrected chi connectivity index (χ4v) is 2.64. The molecule has 0 aliphatic rings. The largest absolute Gasteiger partial charge is 0.386 e. The van der Waals surface area contributed by atoms with E-state index in [2.05, 4.69) is 8.83 Å². The first kappa shape index (κ1) is 10.9. The van der Waals surface area contributed by atoms with E-state index in [1.54, 1.807) is 24.3 Å². The minimum atomic E-state index is -0.932. The number of hydrogen-bond donors (Lipinski definition) is 0. The molecule has 0 N–H and O–H groups in total. The Kier molecular flexibility index (Phi) is 1.79. The van der Waals surface area contributed by atoms with Crippen LogP contribution in [0.3, 0.4) is 0 Å². The van der Waals surface area contributed by atoms with Crippen molar-refractivity contribution in [1.82, 2.24) is 0 Å². The number of hydrogen-bond acceptors (Lipinski definition) is 6. The summed E-state index contributed by atoms with van der Waals surface area (Å²) in [5.74, 6) is 0. The summed E-state index contributed by atoms with van der Waals surface area (Å²) in [5, 5.41) is 0.443. The molecule has 6 nitrogen and oxygen atoms in total. The minimum Gasteiger partial charge on any atom is -0.386 e. The van der Waals surface area contributed by atoms with Crippen molar-refractivity contribution in [3.63, 3.8) is 0 Å². The summed E-state index contributed by atoms with van der Waals surface area (Å²) in [6, 6.07) is 6.50. The van der Waals surface area contributed by atoms with Crippen LogP contribution in [0.2, 0.25) is 0 Å². The van der Waals surface area contributed by atoms with Gasteiger partial charge in [0.05, 0.1) is 21.5 Å². The van der Waals surface area contributed by atoms with Gasteiger partial charge in [0, 0.05) is 0 Å². The quantitative estimate of drug-likeness (QED) is 0.464. The third-order valence-corrected chi connectivity index (χ3v) is 3.40. The van der Waals surface area contributed by atoms with Crippen LogP contribution in [0, 0.1) is 0 Å². The number of benzene rings is 2. The zero-order valence-electron chi connectivity index (χ0n) is 9.76. The van der Waals surface area contributed by atoms with Crippen LogP contribution in [-0.4, -0.2) is 0 Å². The maximum atomic E-state index is 11.8. The molecule has 4 rings (SSSR count). The molecule has 2 aromatic heterocycles. The van der Waals surface area contributed by atoms with Gasteiger partial charge in [-0.2, -0.15) is 0 Å². The summed E-state index contributed by atoms with van der Waals surface area (Å²) in [5.41, 5.74) is -3.51. The molecule has 0 aliphatic carbocycles. The van der Waals surface area contributed by atoms with E-state index >= 15 is 0 Å². The van der Waals surface area contributed by atoms with Crippen molar-refractivity contribution in [1.29, 1.82) is 0 Å². The van der Waals surface area contributed by atoms with Crippen LogP contribution in [0.5, 0.6) is 0 Å². The van der Waals surface area contributed by atoms with E-state index in [4.69, 9.17) is 0 Å². The first-order valence-corrected chi connectivity index (χ1v) is 5.71. The zero-order chi connectivity index (χ0) is 14.0. The molecule has 20 heavy (non-hydrogen) atoms. The summed E-state index contributed by atoms with van der Waals surface area (Å²) < 4.78 is 9.10. The highest BCUT2D eigenvalue weighted by Crippen LogP contribution is 2.28. The van der Waals surface area contributed by atoms with Crippen molar-refractivity contribution < 1.29 is 8.83 Å². The van der Waals surface area contributed by atoms with Gasteiger partial charge >= 0.3 is 22.5 Å². The van der Waals surface area contributed by atoms with Gasteiger partial charge in [-0.3, -0.25) is 0 Å². The Bertz CT molecular complexity index is 1120. The van der Waals surface area contributed by atoms with Gasteiger partial charge in [0.1, 0.15) is 0 Å². The Morgan fingerprint density at radius 3 is 1.30 bits per heavy atom. The van der Waals surface area contributed by atoms with Gasteiger partial charge in [-0.05, 0) is 10.8 Å². The Hall–Kier alpha value is -3.02. The van der Waals surface area contributed by atoms with E-state index in [0.29, 0.717) is 10.8 Å². The molecule has 0 saturated carbocycles. The summed E-state index contributed by atoms with van der Waals surface area (Å²) in [6.07, 6.45) is 0. The zero-order valence-corrected chi connectivity index (χ0v) is 9.76. The van der Waals surface area contributed by atoms with Gasteiger partial charge in [0.25, 0.3) is 0 Å². The van der Waals surface area contributed by atoms with Crippen molar-refractivity contribution in [2.75, 3.05) is 0 Å². The molecule has 0 unspecified atom stereocenters. The summed E-state index contributed by atoms with van der Waals surface area (Å²) in [4.78, 5) is 47.1. The highest BCUT2D eigenvalue weighted by molar-refractivity contribution is 6.24. The Morgan fingerprint density at radius 2 is 0.900 bits per heavy atom. The fraction of sp³-hybridized carbons (Fsp3) is 0. The molecule has 0 atom stereocenters. The second-order valence-electron chi connectivity index (χ2n) is 4.40. The second-order valence-corrected chi connectivity index (χ2v) is 4.40. The normalized spacial score (nSPS) is 11.8. The van der Waals surface area contributed by atoms with E-state index < -0.39 is 22.5 Å². The van der Waals surface area contributed by atoms with E-state index in [9.17, 15) is 19.2 Å². The second kappa shape index (κ2) is 3.30. The van der Waals surface area contributed by atoms with E-state index in [-0.39, 0.29) is 21.5 Å². The van der Waals surface area contributed by atoms with Crippen LogP contribution in [0.1, 0.15) is 0 Å². The fourth-order valence-electron chi connectivity index (χ4n) is 2.64. The summed E-state index contributed by atoms with van der Waals surface area (Å²) >= 11 is 0. The van der Waals surface area contributed by atoms with Crippen LogP contribution in [0.4, 0.5) is 0 Å². The molecule has 0 amide bonds.